The lowest BCUT2D eigenvalue weighted by molar-refractivity contribution is -0.384. The van der Waals surface area contributed by atoms with Crippen molar-refractivity contribution >= 4 is 11.6 Å². The molecule has 1 atom stereocenters. The number of benzene rings is 1. The molecule has 2 rings (SSSR count). The molecule has 1 unspecified atom stereocenters. The third kappa shape index (κ3) is 2.84. The monoisotopic (exact) mass is 249 g/mol. The highest BCUT2D eigenvalue weighted by Crippen LogP contribution is 2.32. The van der Waals surface area contributed by atoms with Gasteiger partial charge in [-0.2, -0.15) is 0 Å². The first kappa shape index (κ1) is 12.5. The van der Waals surface area contributed by atoms with Gasteiger partial charge in [-0.15, -0.1) is 0 Å². The molecule has 0 aromatic heterocycles. The minimum absolute atomic E-state index is 0.0308. The molecule has 0 saturated heterocycles. The van der Waals surface area contributed by atoms with Crippen LogP contribution in [0.3, 0.4) is 0 Å². The summed E-state index contributed by atoms with van der Waals surface area (Å²) < 4.78 is 0. The molecule has 1 aromatic rings. The number of non-ortho nitro benzene ring substituents is 1. The molecule has 96 valence electrons. The molecule has 1 fully saturated rings. The van der Waals surface area contributed by atoms with Gasteiger partial charge in [0, 0.05) is 30.3 Å². The Morgan fingerprint density at radius 2 is 2.28 bits per heavy atom. The number of nitrogens with one attached hydrogen (secondary N) is 1. The van der Waals surface area contributed by atoms with E-state index < -0.39 is 4.92 Å². The maximum absolute atomic E-state index is 11.9. The van der Waals surface area contributed by atoms with Gasteiger partial charge < -0.3 is 11.1 Å². The van der Waals surface area contributed by atoms with Crippen molar-refractivity contribution in [1.82, 2.24) is 5.32 Å². The number of hydrogen-bond acceptors (Lipinski definition) is 4. The van der Waals surface area contributed by atoms with Gasteiger partial charge in [-0.1, -0.05) is 6.07 Å². The number of rotatable bonds is 5. The van der Waals surface area contributed by atoms with Gasteiger partial charge in [0.2, 0.25) is 0 Å². The average molecular weight is 249 g/mol. The number of hydrogen-bond donors (Lipinski definition) is 2. The van der Waals surface area contributed by atoms with E-state index in [0.717, 1.165) is 12.8 Å². The molecule has 0 bridgehead atoms. The minimum atomic E-state index is -0.516. The van der Waals surface area contributed by atoms with Crippen LogP contribution < -0.4 is 11.1 Å². The molecule has 3 N–H and O–H groups in total. The number of carbonyl (C=O) groups is 1. The number of nitro benzene ring substituents is 1. The molecule has 1 aliphatic rings. The number of nitrogens with zero attached hydrogens (tertiary/aromatic N) is 1. The lowest BCUT2D eigenvalue weighted by atomic mass is 10.1. The maximum atomic E-state index is 11.9. The van der Waals surface area contributed by atoms with Crippen LogP contribution in [0.2, 0.25) is 0 Å². The summed E-state index contributed by atoms with van der Waals surface area (Å²) in [5, 5.41) is 13.5. The Balaban J connectivity index is 2.08. The van der Waals surface area contributed by atoms with Crippen molar-refractivity contribution in [3.05, 3.63) is 39.9 Å². The Morgan fingerprint density at radius 1 is 1.56 bits per heavy atom. The number of amides is 1. The van der Waals surface area contributed by atoms with E-state index in [4.69, 9.17) is 5.73 Å². The van der Waals surface area contributed by atoms with Crippen LogP contribution in [-0.2, 0) is 0 Å². The van der Waals surface area contributed by atoms with Crippen LogP contribution in [0.25, 0.3) is 0 Å². The molecule has 0 radical (unpaired) electrons. The van der Waals surface area contributed by atoms with E-state index >= 15 is 0 Å². The summed E-state index contributed by atoms with van der Waals surface area (Å²) in [7, 11) is 0. The third-order valence-corrected chi connectivity index (χ3v) is 3.08. The molecule has 1 aromatic carbocycles. The fourth-order valence-corrected chi connectivity index (χ4v) is 1.88. The molecule has 1 aliphatic carbocycles. The van der Waals surface area contributed by atoms with Crippen LogP contribution >= 0.6 is 0 Å². The van der Waals surface area contributed by atoms with Crippen molar-refractivity contribution in [1.29, 1.82) is 0 Å². The second-order valence-corrected chi connectivity index (χ2v) is 4.46. The highest BCUT2D eigenvalue weighted by molar-refractivity contribution is 5.95. The predicted molar refractivity (Wildman–Crippen MR) is 66.1 cm³/mol. The van der Waals surface area contributed by atoms with Gasteiger partial charge in [-0.05, 0) is 24.8 Å². The average Bonchev–Trinajstić information content (AvgIpc) is 3.20. The molecule has 6 heteroatoms. The Labute approximate surface area is 104 Å². The molecule has 6 nitrogen and oxygen atoms in total. The second kappa shape index (κ2) is 5.14. The molecule has 1 amide bonds. The van der Waals surface area contributed by atoms with Gasteiger partial charge in [0.1, 0.15) is 0 Å². The quantitative estimate of drug-likeness (QED) is 0.602. The topological polar surface area (TPSA) is 98.3 Å². The molecule has 18 heavy (non-hydrogen) atoms. The first-order valence-electron chi connectivity index (χ1n) is 5.87. The summed E-state index contributed by atoms with van der Waals surface area (Å²) in [5.41, 5.74) is 5.81. The number of nitro groups is 1. The van der Waals surface area contributed by atoms with Crippen molar-refractivity contribution in [2.45, 2.75) is 18.9 Å². The number of carbonyl (C=O) groups excluding carboxylic acids is 1. The van der Waals surface area contributed by atoms with Crippen molar-refractivity contribution in [3.8, 4) is 0 Å². The van der Waals surface area contributed by atoms with E-state index in [1.807, 2.05) is 0 Å². The van der Waals surface area contributed by atoms with E-state index in [2.05, 4.69) is 5.32 Å². The first-order chi connectivity index (χ1) is 8.61. The van der Waals surface area contributed by atoms with Crippen LogP contribution in [0.5, 0.6) is 0 Å². The molecule has 0 heterocycles. The van der Waals surface area contributed by atoms with E-state index in [1.54, 1.807) is 6.07 Å². The summed E-state index contributed by atoms with van der Waals surface area (Å²) >= 11 is 0. The van der Waals surface area contributed by atoms with Crippen LogP contribution in [0.4, 0.5) is 5.69 Å². The molecule has 0 spiro atoms. The van der Waals surface area contributed by atoms with Crippen LogP contribution in [-0.4, -0.2) is 23.4 Å². The summed E-state index contributed by atoms with van der Waals surface area (Å²) in [5.74, 6) is 0.152. The smallest absolute Gasteiger partial charge is 0.270 e. The van der Waals surface area contributed by atoms with Crippen molar-refractivity contribution in [2.24, 2.45) is 11.7 Å². The van der Waals surface area contributed by atoms with Gasteiger partial charge in [-0.25, -0.2) is 0 Å². The highest BCUT2D eigenvalue weighted by Gasteiger charge is 2.31. The van der Waals surface area contributed by atoms with Crippen molar-refractivity contribution in [3.63, 3.8) is 0 Å². The zero-order chi connectivity index (χ0) is 13.1. The van der Waals surface area contributed by atoms with Crippen molar-refractivity contribution in [2.75, 3.05) is 6.54 Å². The lowest BCUT2D eigenvalue weighted by Gasteiger charge is -2.15. The fraction of sp³-hybridized carbons (Fsp3) is 0.417. The van der Waals surface area contributed by atoms with Gasteiger partial charge >= 0.3 is 0 Å². The summed E-state index contributed by atoms with van der Waals surface area (Å²) in [6, 6.07) is 5.66. The Bertz CT molecular complexity index is 471. The lowest BCUT2D eigenvalue weighted by Crippen LogP contribution is -2.41. The normalized spacial score (nSPS) is 16.1. The van der Waals surface area contributed by atoms with Gasteiger partial charge in [0.15, 0.2) is 0 Å². The minimum Gasteiger partial charge on any atom is -0.348 e. The largest absolute Gasteiger partial charge is 0.348 e. The van der Waals surface area contributed by atoms with Gasteiger partial charge in [0.25, 0.3) is 11.6 Å². The van der Waals surface area contributed by atoms with Gasteiger partial charge in [-0.3, -0.25) is 14.9 Å². The van der Waals surface area contributed by atoms with Crippen LogP contribution in [0.1, 0.15) is 23.2 Å². The van der Waals surface area contributed by atoms with Gasteiger partial charge in [0.05, 0.1) is 4.92 Å². The Morgan fingerprint density at radius 3 is 2.83 bits per heavy atom. The highest BCUT2D eigenvalue weighted by atomic mass is 16.6. The Hall–Kier alpha value is -1.95. The van der Waals surface area contributed by atoms with E-state index in [9.17, 15) is 14.9 Å². The Kier molecular flexibility index (Phi) is 3.57. The fourth-order valence-electron chi connectivity index (χ4n) is 1.88. The third-order valence-electron chi connectivity index (χ3n) is 3.08. The molecule has 1 saturated carbocycles. The van der Waals surface area contributed by atoms with E-state index in [1.165, 1.54) is 18.2 Å². The molecular weight excluding hydrogens is 234 g/mol. The zero-order valence-electron chi connectivity index (χ0n) is 9.83. The predicted octanol–water partition coefficient (Wildman–Crippen LogP) is 1.06. The second-order valence-electron chi connectivity index (χ2n) is 4.46. The maximum Gasteiger partial charge on any atom is 0.270 e. The van der Waals surface area contributed by atoms with Crippen molar-refractivity contribution < 1.29 is 9.72 Å². The summed E-state index contributed by atoms with van der Waals surface area (Å²) in [4.78, 5) is 22.0. The van der Waals surface area contributed by atoms with E-state index in [-0.39, 0.29) is 17.6 Å². The number of nitrogens with two attached hydrogens (primary N) is 1. The summed E-state index contributed by atoms with van der Waals surface area (Å²) in [6.45, 7) is 0.394. The van der Waals surface area contributed by atoms with Crippen LogP contribution in [0.15, 0.2) is 24.3 Å². The SMILES string of the molecule is NCC(NC(=O)c1cccc([N+](=O)[O-])c1)C1CC1. The molecular formula is C12H15N3O3. The summed E-state index contributed by atoms with van der Waals surface area (Å²) in [6.07, 6.45) is 2.16. The first-order valence-corrected chi connectivity index (χ1v) is 5.87. The van der Waals surface area contributed by atoms with E-state index in [0.29, 0.717) is 18.0 Å². The molecule has 0 aliphatic heterocycles. The standard InChI is InChI=1S/C12H15N3O3/c13-7-11(8-4-5-8)14-12(16)9-2-1-3-10(6-9)15(17)18/h1-3,6,8,11H,4-5,7,13H2,(H,14,16). The zero-order valence-corrected chi connectivity index (χ0v) is 9.83. The van der Waals surface area contributed by atoms with Crippen LogP contribution in [0, 0.1) is 16.0 Å².